The highest BCUT2D eigenvalue weighted by molar-refractivity contribution is 5.31. The van der Waals surface area contributed by atoms with Crippen molar-refractivity contribution < 1.29 is 9.47 Å². The van der Waals surface area contributed by atoms with Gasteiger partial charge in [0.25, 0.3) is 0 Å². The molecule has 0 amide bonds. The smallest absolute Gasteiger partial charge is 0.119 e. The minimum Gasteiger partial charge on any atom is -0.494 e. The molecule has 2 heteroatoms. The van der Waals surface area contributed by atoms with Crippen molar-refractivity contribution in [3.63, 3.8) is 0 Å². The van der Waals surface area contributed by atoms with Gasteiger partial charge in [0, 0.05) is 0 Å². The quantitative estimate of drug-likeness (QED) is 0.393. The molecule has 1 unspecified atom stereocenters. The largest absolute Gasteiger partial charge is 0.494 e. The van der Waals surface area contributed by atoms with Gasteiger partial charge < -0.3 is 9.47 Å². The second kappa shape index (κ2) is 12.4. The van der Waals surface area contributed by atoms with E-state index in [0.29, 0.717) is 0 Å². The highest BCUT2D eigenvalue weighted by Crippen LogP contribution is 2.19. The molecular formula is C20H34O2. The maximum atomic E-state index is 5.78. The Morgan fingerprint density at radius 3 is 1.91 bits per heavy atom. The third-order valence-corrected chi connectivity index (χ3v) is 4.00. The lowest BCUT2D eigenvalue weighted by atomic mass is 10.1. The van der Waals surface area contributed by atoms with Crippen LogP contribution in [0, 0.1) is 0 Å². The Bertz CT molecular complexity index is 358. The van der Waals surface area contributed by atoms with Crippen LogP contribution in [-0.2, 0) is 0 Å². The molecule has 1 atom stereocenters. The first kappa shape index (κ1) is 18.9. The molecule has 0 fully saturated rings. The van der Waals surface area contributed by atoms with Crippen molar-refractivity contribution in [1.82, 2.24) is 0 Å². The van der Waals surface area contributed by atoms with E-state index in [1.807, 2.05) is 24.3 Å². The molecule has 1 aromatic carbocycles. The zero-order valence-corrected chi connectivity index (χ0v) is 14.8. The van der Waals surface area contributed by atoms with Crippen LogP contribution >= 0.6 is 0 Å². The van der Waals surface area contributed by atoms with Crippen molar-refractivity contribution in [3.05, 3.63) is 24.3 Å². The summed E-state index contributed by atoms with van der Waals surface area (Å²) in [5, 5.41) is 0. The van der Waals surface area contributed by atoms with Crippen LogP contribution in [0.25, 0.3) is 0 Å². The first-order valence-corrected chi connectivity index (χ1v) is 9.15. The second-order valence-electron chi connectivity index (χ2n) is 6.13. The van der Waals surface area contributed by atoms with Crippen molar-refractivity contribution in [2.24, 2.45) is 0 Å². The molecule has 22 heavy (non-hydrogen) atoms. The van der Waals surface area contributed by atoms with Crippen LogP contribution in [0.1, 0.15) is 78.6 Å². The molecule has 0 spiro atoms. The maximum absolute atomic E-state index is 5.78. The lowest BCUT2D eigenvalue weighted by Crippen LogP contribution is -2.09. The van der Waals surface area contributed by atoms with E-state index in [4.69, 9.17) is 9.47 Å². The average molecular weight is 306 g/mol. The molecule has 126 valence electrons. The first-order chi connectivity index (χ1) is 10.8. The van der Waals surface area contributed by atoms with E-state index in [-0.39, 0.29) is 6.10 Å². The van der Waals surface area contributed by atoms with Gasteiger partial charge in [0.2, 0.25) is 0 Å². The fourth-order valence-electron chi connectivity index (χ4n) is 2.36. The summed E-state index contributed by atoms with van der Waals surface area (Å²) >= 11 is 0. The van der Waals surface area contributed by atoms with Crippen LogP contribution in [0.2, 0.25) is 0 Å². The summed E-state index contributed by atoms with van der Waals surface area (Å²) in [6, 6.07) is 8.00. The zero-order valence-electron chi connectivity index (χ0n) is 14.8. The lowest BCUT2D eigenvalue weighted by Gasteiger charge is -2.13. The highest BCUT2D eigenvalue weighted by atomic mass is 16.5. The number of rotatable bonds is 13. The highest BCUT2D eigenvalue weighted by Gasteiger charge is 2.01. The molecule has 0 bridgehead atoms. The van der Waals surface area contributed by atoms with E-state index in [0.717, 1.165) is 30.9 Å². The molecule has 0 saturated heterocycles. The van der Waals surface area contributed by atoms with Crippen LogP contribution in [0.4, 0.5) is 0 Å². The molecule has 0 aliphatic heterocycles. The predicted molar refractivity (Wildman–Crippen MR) is 94.9 cm³/mol. The normalized spacial score (nSPS) is 12.1. The van der Waals surface area contributed by atoms with Gasteiger partial charge in [-0.25, -0.2) is 0 Å². The van der Waals surface area contributed by atoms with Crippen LogP contribution in [0.3, 0.4) is 0 Å². The molecule has 0 radical (unpaired) electrons. The number of benzene rings is 1. The predicted octanol–water partition coefficient (Wildman–Crippen LogP) is 6.38. The molecular weight excluding hydrogens is 272 g/mol. The Morgan fingerprint density at radius 2 is 1.32 bits per heavy atom. The van der Waals surface area contributed by atoms with Gasteiger partial charge in [-0.3, -0.25) is 0 Å². The van der Waals surface area contributed by atoms with Gasteiger partial charge in [-0.15, -0.1) is 0 Å². The van der Waals surface area contributed by atoms with E-state index in [2.05, 4.69) is 20.8 Å². The standard InChI is InChI=1S/C20H34O2/c1-4-6-7-8-9-10-11-12-17-21-19-13-15-20(16-14-19)22-18(3)5-2/h13-16,18H,4-12,17H2,1-3H3. The van der Waals surface area contributed by atoms with Gasteiger partial charge in [-0.05, 0) is 44.0 Å². The van der Waals surface area contributed by atoms with Crippen LogP contribution in [0.15, 0.2) is 24.3 Å². The van der Waals surface area contributed by atoms with Crippen molar-refractivity contribution in [2.45, 2.75) is 84.7 Å². The third kappa shape index (κ3) is 8.96. The van der Waals surface area contributed by atoms with Gasteiger partial charge >= 0.3 is 0 Å². The summed E-state index contributed by atoms with van der Waals surface area (Å²) in [5.74, 6) is 1.87. The Hall–Kier alpha value is -1.18. The molecule has 0 aliphatic carbocycles. The molecule has 0 saturated carbocycles. The Morgan fingerprint density at radius 1 is 0.773 bits per heavy atom. The van der Waals surface area contributed by atoms with Gasteiger partial charge in [0.15, 0.2) is 0 Å². The van der Waals surface area contributed by atoms with E-state index in [1.54, 1.807) is 0 Å². The van der Waals surface area contributed by atoms with E-state index >= 15 is 0 Å². The molecule has 0 N–H and O–H groups in total. The molecule has 0 aromatic heterocycles. The number of hydrogen-bond donors (Lipinski definition) is 0. The molecule has 2 nitrogen and oxygen atoms in total. The van der Waals surface area contributed by atoms with Crippen LogP contribution in [0.5, 0.6) is 11.5 Å². The lowest BCUT2D eigenvalue weighted by molar-refractivity contribution is 0.217. The minimum absolute atomic E-state index is 0.268. The van der Waals surface area contributed by atoms with Crippen molar-refractivity contribution in [2.75, 3.05) is 6.61 Å². The van der Waals surface area contributed by atoms with Crippen molar-refractivity contribution in [3.8, 4) is 11.5 Å². The minimum atomic E-state index is 0.268. The maximum Gasteiger partial charge on any atom is 0.119 e. The van der Waals surface area contributed by atoms with Gasteiger partial charge in [0.05, 0.1) is 12.7 Å². The Kier molecular flexibility index (Phi) is 10.6. The third-order valence-electron chi connectivity index (χ3n) is 4.00. The van der Waals surface area contributed by atoms with E-state index in [9.17, 15) is 0 Å². The van der Waals surface area contributed by atoms with Crippen molar-refractivity contribution in [1.29, 1.82) is 0 Å². The second-order valence-corrected chi connectivity index (χ2v) is 6.13. The monoisotopic (exact) mass is 306 g/mol. The Labute approximate surface area is 137 Å². The summed E-state index contributed by atoms with van der Waals surface area (Å²) < 4.78 is 11.5. The average Bonchev–Trinajstić information content (AvgIpc) is 2.54. The first-order valence-electron chi connectivity index (χ1n) is 9.15. The topological polar surface area (TPSA) is 18.5 Å². The van der Waals surface area contributed by atoms with E-state index in [1.165, 1.54) is 44.9 Å². The summed E-state index contributed by atoms with van der Waals surface area (Å²) in [6.07, 6.45) is 12.0. The molecule has 1 aromatic rings. The Balaban J connectivity index is 2.05. The summed E-state index contributed by atoms with van der Waals surface area (Å²) in [5.41, 5.74) is 0. The van der Waals surface area contributed by atoms with Crippen LogP contribution in [-0.4, -0.2) is 12.7 Å². The molecule has 0 heterocycles. The van der Waals surface area contributed by atoms with Gasteiger partial charge in [-0.1, -0.05) is 58.8 Å². The van der Waals surface area contributed by atoms with Crippen molar-refractivity contribution >= 4 is 0 Å². The fraction of sp³-hybridized carbons (Fsp3) is 0.700. The van der Waals surface area contributed by atoms with Gasteiger partial charge in [-0.2, -0.15) is 0 Å². The summed E-state index contributed by atoms with van der Waals surface area (Å²) in [6.45, 7) is 7.31. The molecule has 0 aliphatic rings. The summed E-state index contributed by atoms with van der Waals surface area (Å²) in [7, 11) is 0. The fourth-order valence-corrected chi connectivity index (χ4v) is 2.36. The molecule has 1 rings (SSSR count). The number of hydrogen-bond acceptors (Lipinski definition) is 2. The summed E-state index contributed by atoms with van der Waals surface area (Å²) in [4.78, 5) is 0. The zero-order chi connectivity index (χ0) is 16.0. The number of ether oxygens (including phenoxy) is 2. The SMILES string of the molecule is CCCCCCCCCCOc1ccc(OC(C)CC)cc1. The number of unbranched alkanes of at least 4 members (excludes halogenated alkanes) is 7. The van der Waals surface area contributed by atoms with E-state index < -0.39 is 0 Å². The van der Waals surface area contributed by atoms with Gasteiger partial charge in [0.1, 0.15) is 11.5 Å². The van der Waals surface area contributed by atoms with Crippen LogP contribution < -0.4 is 9.47 Å².